The number of nitrogens with zero attached hydrogens (tertiary/aromatic N) is 1. The second kappa shape index (κ2) is 10.1. The molecule has 0 aliphatic carbocycles. The van der Waals surface area contributed by atoms with Gasteiger partial charge in [0.1, 0.15) is 12.4 Å². The molecule has 0 aromatic heterocycles. The number of benzene rings is 3. The van der Waals surface area contributed by atoms with Crippen molar-refractivity contribution in [1.29, 1.82) is 0 Å². The van der Waals surface area contributed by atoms with Crippen molar-refractivity contribution in [3.63, 3.8) is 0 Å². The molecule has 4 rings (SSSR count). The number of nitrogens with one attached hydrogen (secondary N) is 1. The zero-order valence-electron chi connectivity index (χ0n) is 16.9. The Balaban J connectivity index is 1.33. The van der Waals surface area contributed by atoms with Crippen LogP contribution in [-0.4, -0.2) is 37.1 Å². The summed E-state index contributed by atoms with van der Waals surface area (Å²) in [6, 6.07) is 25.2. The van der Waals surface area contributed by atoms with Gasteiger partial charge in [0.05, 0.1) is 13.2 Å². The van der Waals surface area contributed by atoms with Crippen molar-refractivity contribution in [2.75, 3.05) is 31.6 Å². The largest absolute Gasteiger partial charge is 0.489 e. The average Bonchev–Trinajstić information content (AvgIpc) is 2.80. The Hall–Kier alpha value is -3.15. The highest BCUT2D eigenvalue weighted by Crippen LogP contribution is 2.18. The van der Waals surface area contributed by atoms with Crippen molar-refractivity contribution < 1.29 is 14.3 Å². The first-order valence-corrected chi connectivity index (χ1v) is 10.2. The van der Waals surface area contributed by atoms with E-state index in [-0.39, 0.29) is 5.91 Å². The highest BCUT2D eigenvalue weighted by Gasteiger charge is 2.11. The fraction of sp³-hybridized carbons (Fsp3) is 0.240. The summed E-state index contributed by atoms with van der Waals surface area (Å²) < 4.78 is 11.2. The Morgan fingerprint density at radius 1 is 0.900 bits per heavy atom. The summed E-state index contributed by atoms with van der Waals surface area (Å²) in [5, 5.41) is 2.96. The maximum atomic E-state index is 12.7. The second-order valence-corrected chi connectivity index (χ2v) is 7.34. The van der Waals surface area contributed by atoms with Gasteiger partial charge in [-0.3, -0.25) is 9.69 Å². The molecule has 1 heterocycles. The number of anilines is 1. The number of rotatable bonds is 7. The summed E-state index contributed by atoms with van der Waals surface area (Å²) in [7, 11) is 0. The number of hydrogen-bond donors (Lipinski definition) is 1. The molecule has 1 fully saturated rings. The van der Waals surface area contributed by atoms with E-state index in [0.29, 0.717) is 17.9 Å². The van der Waals surface area contributed by atoms with Crippen LogP contribution in [-0.2, 0) is 17.9 Å². The number of amides is 1. The molecule has 0 saturated carbocycles. The minimum Gasteiger partial charge on any atom is -0.489 e. The average molecular weight is 402 g/mol. The molecule has 1 N–H and O–H groups in total. The molecule has 30 heavy (non-hydrogen) atoms. The van der Waals surface area contributed by atoms with Crippen LogP contribution >= 0.6 is 0 Å². The molecule has 3 aromatic carbocycles. The third-order valence-corrected chi connectivity index (χ3v) is 5.07. The molecule has 1 aliphatic heterocycles. The normalized spacial score (nSPS) is 14.3. The van der Waals surface area contributed by atoms with E-state index in [1.807, 2.05) is 54.6 Å². The van der Waals surface area contributed by atoms with E-state index in [2.05, 4.69) is 22.3 Å². The number of carbonyl (C=O) groups is 1. The summed E-state index contributed by atoms with van der Waals surface area (Å²) in [6.45, 7) is 4.88. The van der Waals surface area contributed by atoms with Crippen LogP contribution in [0.15, 0.2) is 78.9 Å². The molecule has 1 amide bonds. The maximum absolute atomic E-state index is 12.7. The summed E-state index contributed by atoms with van der Waals surface area (Å²) >= 11 is 0. The zero-order valence-corrected chi connectivity index (χ0v) is 16.9. The Morgan fingerprint density at radius 2 is 1.67 bits per heavy atom. The van der Waals surface area contributed by atoms with Gasteiger partial charge in [-0.1, -0.05) is 48.5 Å². The van der Waals surface area contributed by atoms with Crippen molar-refractivity contribution in [2.45, 2.75) is 13.2 Å². The molecule has 1 aliphatic rings. The Bertz CT molecular complexity index is 952. The molecule has 0 atom stereocenters. The highest BCUT2D eigenvalue weighted by molar-refractivity contribution is 6.04. The Kier molecular flexibility index (Phi) is 6.75. The second-order valence-electron chi connectivity index (χ2n) is 7.34. The van der Waals surface area contributed by atoms with Crippen LogP contribution in [0.5, 0.6) is 5.75 Å². The van der Waals surface area contributed by atoms with Crippen LogP contribution < -0.4 is 10.1 Å². The summed E-state index contributed by atoms with van der Waals surface area (Å²) in [5.41, 5.74) is 3.66. The smallest absolute Gasteiger partial charge is 0.255 e. The van der Waals surface area contributed by atoms with E-state index in [0.717, 1.165) is 44.1 Å². The van der Waals surface area contributed by atoms with Crippen LogP contribution in [0.2, 0.25) is 0 Å². The van der Waals surface area contributed by atoms with Crippen LogP contribution in [0.1, 0.15) is 21.5 Å². The number of carbonyl (C=O) groups excluding carboxylic acids is 1. The van der Waals surface area contributed by atoms with E-state index in [9.17, 15) is 4.79 Å². The summed E-state index contributed by atoms with van der Waals surface area (Å²) in [4.78, 5) is 15.0. The molecule has 5 heteroatoms. The molecule has 1 saturated heterocycles. The lowest BCUT2D eigenvalue weighted by Gasteiger charge is -2.26. The molecular weight excluding hydrogens is 376 g/mol. The summed E-state index contributed by atoms with van der Waals surface area (Å²) in [5.74, 6) is 0.522. The predicted molar refractivity (Wildman–Crippen MR) is 118 cm³/mol. The van der Waals surface area contributed by atoms with Gasteiger partial charge in [-0.25, -0.2) is 0 Å². The van der Waals surface area contributed by atoms with Gasteiger partial charge < -0.3 is 14.8 Å². The number of hydrogen-bond acceptors (Lipinski definition) is 4. The first-order valence-electron chi connectivity index (χ1n) is 10.2. The molecule has 0 bridgehead atoms. The summed E-state index contributed by atoms with van der Waals surface area (Å²) in [6.07, 6.45) is 0. The fourth-order valence-corrected chi connectivity index (χ4v) is 3.38. The Morgan fingerprint density at radius 3 is 2.43 bits per heavy atom. The van der Waals surface area contributed by atoms with Gasteiger partial charge >= 0.3 is 0 Å². The number of ether oxygens (including phenoxy) is 2. The predicted octanol–water partition coefficient (Wildman–Crippen LogP) is 4.35. The van der Waals surface area contributed by atoms with E-state index in [1.54, 1.807) is 12.1 Å². The van der Waals surface area contributed by atoms with Crippen molar-refractivity contribution >= 4 is 11.6 Å². The van der Waals surface area contributed by atoms with Crippen LogP contribution in [0.3, 0.4) is 0 Å². The molecule has 154 valence electrons. The number of morpholine rings is 1. The fourth-order valence-electron chi connectivity index (χ4n) is 3.38. The lowest BCUT2D eigenvalue weighted by Crippen LogP contribution is -2.35. The van der Waals surface area contributed by atoms with Gasteiger partial charge in [0, 0.05) is 30.9 Å². The van der Waals surface area contributed by atoms with Crippen LogP contribution in [0.25, 0.3) is 0 Å². The van der Waals surface area contributed by atoms with Gasteiger partial charge in [-0.05, 0) is 41.5 Å². The van der Waals surface area contributed by atoms with Gasteiger partial charge in [0.2, 0.25) is 0 Å². The van der Waals surface area contributed by atoms with Crippen LogP contribution in [0, 0.1) is 0 Å². The first kappa shape index (κ1) is 20.1. The lowest BCUT2D eigenvalue weighted by molar-refractivity contribution is 0.0342. The van der Waals surface area contributed by atoms with E-state index >= 15 is 0 Å². The molecule has 5 nitrogen and oxygen atoms in total. The molecule has 0 radical (unpaired) electrons. The quantitative estimate of drug-likeness (QED) is 0.638. The topological polar surface area (TPSA) is 50.8 Å². The maximum Gasteiger partial charge on any atom is 0.255 e. The van der Waals surface area contributed by atoms with Crippen LogP contribution in [0.4, 0.5) is 5.69 Å². The first-order chi connectivity index (χ1) is 14.8. The third-order valence-electron chi connectivity index (χ3n) is 5.07. The van der Waals surface area contributed by atoms with E-state index in [4.69, 9.17) is 9.47 Å². The minimum absolute atomic E-state index is 0.152. The Labute approximate surface area is 177 Å². The lowest BCUT2D eigenvalue weighted by atomic mass is 10.1. The SMILES string of the molecule is O=C(Nc1ccc(CN2CCOCC2)cc1)c1cccc(OCc2ccccc2)c1. The van der Waals surface area contributed by atoms with Gasteiger partial charge in [-0.2, -0.15) is 0 Å². The minimum atomic E-state index is -0.152. The molecule has 0 spiro atoms. The van der Waals surface area contributed by atoms with E-state index < -0.39 is 0 Å². The van der Waals surface area contributed by atoms with Gasteiger partial charge in [-0.15, -0.1) is 0 Å². The van der Waals surface area contributed by atoms with E-state index in [1.165, 1.54) is 5.56 Å². The van der Waals surface area contributed by atoms with Crippen molar-refractivity contribution in [3.05, 3.63) is 95.6 Å². The molecule has 0 unspecified atom stereocenters. The van der Waals surface area contributed by atoms with Crippen molar-refractivity contribution in [1.82, 2.24) is 4.90 Å². The monoisotopic (exact) mass is 402 g/mol. The molecule has 3 aromatic rings. The zero-order chi connectivity index (χ0) is 20.6. The standard InChI is InChI=1S/C25H26N2O3/c28-25(22-7-4-8-24(17-22)30-19-21-5-2-1-3-6-21)26-23-11-9-20(10-12-23)18-27-13-15-29-16-14-27/h1-12,17H,13-16,18-19H2,(H,26,28). The van der Waals surface area contributed by atoms with Gasteiger partial charge in [0.15, 0.2) is 0 Å². The van der Waals surface area contributed by atoms with Crippen molar-refractivity contribution in [2.24, 2.45) is 0 Å². The van der Waals surface area contributed by atoms with Crippen molar-refractivity contribution in [3.8, 4) is 5.75 Å². The highest BCUT2D eigenvalue weighted by atomic mass is 16.5. The van der Waals surface area contributed by atoms with Gasteiger partial charge in [0.25, 0.3) is 5.91 Å². The molecular formula is C25H26N2O3. The third kappa shape index (κ3) is 5.69.